The highest BCUT2D eigenvalue weighted by molar-refractivity contribution is 5.94. The Hall–Kier alpha value is -2.36. The molecule has 0 unspecified atom stereocenters. The maximum Gasteiger partial charge on any atom is 0.410 e. The number of likely N-dealkylation sites (tertiary alicyclic amines) is 1. The van der Waals surface area contributed by atoms with Crippen molar-refractivity contribution in [3.8, 4) is 0 Å². The second-order valence-electron chi connectivity index (χ2n) is 12.5. The molecule has 0 aromatic heterocycles. The van der Waals surface area contributed by atoms with E-state index in [0.29, 0.717) is 13.0 Å². The quantitative estimate of drug-likeness (QED) is 0.429. The summed E-state index contributed by atoms with van der Waals surface area (Å²) in [6.45, 7) is 7.40. The highest BCUT2D eigenvalue weighted by Crippen LogP contribution is 2.30. The van der Waals surface area contributed by atoms with Gasteiger partial charge in [0.05, 0.1) is 5.66 Å². The second-order valence-corrected chi connectivity index (χ2v) is 12.5. The second kappa shape index (κ2) is 12.7. The fourth-order valence-corrected chi connectivity index (χ4v) is 5.91. The van der Waals surface area contributed by atoms with Crippen molar-refractivity contribution in [1.29, 1.82) is 0 Å². The lowest BCUT2D eigenvalue weighted by molar-refractivity contribution is -0.144. The number of nitrogens with zero attached hydrogens (tertiary/aromatic N) is 2. The number of carbonyl (C=O) groups excluding carboxylic acids is 4. The molecule has 216 valence electrons. The molecule has 3 aliphatic rings. The van der Waals surface area contributed by atoms with Gasteiger partial charge in [-0.1, -0.05) is 25.7 Å². The van der Waals surface area contributed by atoms with Gasteiger partial charge < -0.3 is 26.0 Å². The standard InChI is InChI=1S/C28H49N5O5/c1-19(32(5)26(37)38-27(2,3)4)23(34)30-22(20-13-8-6-9-14-20)25(36)33-18-12-15-21(33)24(35)31-28(29)16-10-7-11-17-28/h19-22H,6-18,29H2,1-5H3,(H,30,34)(H,31,35)/t19-,21-,22-/m0/s1. The predicted octanol–water partition coefficient (Wildman–Crippen LogP) is 3.03. The molecule has 0 aromatic carbocycles. The summed E-state index contributed by atoms with van der Waals surface area (Å²) in [5.74, 6) is -0.843. The molecule has 4 amide bonds. The van der Waals surface area contributed by atoms with Crippen LogP contribution >= 0.6 is 0 Å². The molecule has 0 spiro atoms. The van der Waals surface area contributed by atoms with E-state index in [0.717, 1.165) is 70.6 Å². The van der Waals surface area contributed by atoms with Crippen molar-refractivity contribution in [3.63, 3.8) is 0 Å². The molecular formula is C28H49N5O5. The number of rotatable bonds is 7. The number of nitrogens with two attached hydrogens (primary N) is 1. The van der Waals surface area contributed by atoms with Crippen molar-refractivity contribution in [2.45, 2.75) is 134 Å². The number of likely N-dealkylation sites (N-methyl/N-ethyl adjacent to an activating group) is 1. The molecule has 2 saturated carbocycles. The van der Waals surface area contributed by atoms with Gasteiger partial charge in [-0.25, -0.2) is 4.79 Å². The molecule has 4 N–H and O–H groups in total. The summed E-state index contributed by atoms with van der Waals surface area (Å²) >= 11 is 0. The monoisotopic (exact) mass is 535 g/mol. The van der Waals surface area contributed by atoms with Crippen LogP contribution in [0.2, 0.25) is 0 Å². The van der Waals surface area contributed by atoms with E-state index in [-0.39, 0.29) is 17.7 Å². The van der Waals surface area contributed by atoms with Crippen LogP contribution < -0.4 is 16.4 Å². The number of nitrogens with one attached hydrogen (secondary N) is 2. The minimum atomic E-state index is -0.829. The van der Waals surface area contributed by atoms with Gasteiger partial charge in [-0.2, -0.15) is 0 Å². The molecule has 10 nitrogen and oxygen atoms in total. The lowest BCUT2D eigenvalue weighted by Gasteiger charge is -2.38. The zero-order chi connectivity index (χ0) is 28.1. The summed E-state index contributed by atoms with van der Waals surface area (Å²) in [4.78, 5) is 56.0. The van der Waals surface area contributed by atoms with E-state index in [2.05, 4.69) is 10.6 Å². The Kier molecular flexibility index (Phi) is 10.1. The minimum absolute atomic E-state index is 0.0114. The average molecular weight is 536 g/mol. The average Bonchev–Trinajstić information content (AvgIpc) is 3.36. The fraction of sp³-hybridized carbons (Fsp3) is 0.857. The van der Waals surface area contributed by atoms with Gasteiger partial charge in [-0.05, 0) is 85.0 Å². The Morgan fingerprint density at radius 2 is 1.58 bits per heavy atom. The summed E-state index contributed by atoms with van der Waals surface area (Å²) < 4.78 is 5.41. The number of hydrogen-bond donors (Lipinski definition) is 3. The van der Waals surface area contributed by atoms with Crippen LogP contribution in [0.4, 0.5) is 4.79 Å². The van der Waals surface area contributed by atoms with E-state index in [9.17, 15) is 19.2 Å². The SMILES string of the molecule is C[C@@H](C(=O)N[C@H](C(=O)N1CCC[C@H]1C(=O)NC1(N)CCCCC1)C1CCCCC1)N(C)C(=O)OC(C)(C)C. The normalized spacial score (nSPS) is 23.7. The molecule has 1 aliphatic heterocycles. The van der Waals surface area contributed by atoms with Crippen molar-refractivity contribution in [1.82, 2.24) is 20.4 Å². The lowest BCUT2D eigenvalue weighted by atomic mass is 9.83. The Balaban J connectivity index is 1.72. The third-order valence-corrected chi connectivity index (χ3v) is 8.28. The first-order chi connectivity index (χ1) is 17.8. The van der Waals surface area contributed by atoms with Gasteiger partial charge in [0.1, 0.15) is 23.7 Å². The molecule has 1 heterocycles. The first-order valence-electron chi connectivity index (χ1n) is 14.5. The molecule has 38 heavy (non-hydrogen) atoms. The van der Waals surface area contributed by atoms with E-state index < -0.39 is 41.4 Å². The molecule has 2 aliphatic carbocycles. The third-order valence-electron chi connectivity index (χ3n) is 8.28. The molecule has 0 bridgehead atoms. The number of carbonyl (C=O) groups is 4. The van der Waals surface area contributed by atoms with E-state index in [4.69, 9.17) is 10.5 Å². The maximum atomic E-state index is 14.0. The topological polar surface area (TPSA) is 134 Å². The van der Waals surface area contributed by atoms with Crippen LogP contribution in [0.25, 0.3) is 0 Å². The maximum absolute atomic E-state index is 14.0. The Bertz CT molecular complexity index is 860. The zero-order valence-electron chi connectivity index (χ0n) is 24.0. The fourth-order valence-electron chi connectivity index (χ4n) is 5.91. The van der Waals surface area contributed by atoms with Crippen LogP contribution in [0.15, 0.2) is 0 Å². The molecule has 3 atom stereocenters. The summed E-state index contributed by atoms with van der Waals surface area (Å²) in [6, 6.07) is -2.16. The molecule has 10 heteroatoms. The predicted molar refractivity (Wildman–Crippen MR) is 145 cm³/mol. The van der Waals surface area contributed by atoms with Gasteiger partial charge in [0.25, 0.3) is 0 Å². The van der Waals surface area contributed by atoms with Crippen LogP contribution in [0, 0.1) is 5.92 Å². The van der Waals surface area contributed by atoms with Crippen molar-refractivity contribution in [2.24, 2.45) is 11.7 Å². The van der Waals surface area contributed by atoms with Crippen molar-refractivity contribution in [2.75, 3.05) is 13.6 Å². The molecule has 0 aromatic rings. The van der Waals surface area contributed by atoms with Crippen LogP contribution in [-0.4, -0.2) is 76.6 Å². The van der Waals surface area contributed by atoms with Crippen molar-refractivity contribution >= 4 is 23.8 Å². The number of amides is 4. The van der Waals surface area contributed by atoms with Crippen molar-refractivity contribution < 1.29 is 23.9 Å². The summed E-state index contributed by atoms with van der Waals surface area (Å²) in [5.41, 5.74) is 5.08. The van der Waals surface area contributed by atoms with Gasteiger partial charge in [-0.3, -0.25) is 19.3 Å². The van der Waals surface area contributed by atoms with Gasteiger partial charge >= 0.3 is 6.09 Å². The summed E-state index contributed by atoms with van der Waals surface area (Å²) in [5, 5.41) is 6.02. The summed E-state index contributed by atoms with van der Waals surface area (Å²) in [6.07, 6.45) is 10.0. The first-order valence-corrected chi connectivity index (χ1v) is 14.5. The minimum Gasteiger partial charge on any atom is -0.444 e. The largest absolute Gasteiger partial charge is 0.444 e. The highest BCUT2D eigenvalue weighted by Gasteiger charge is 2.43. The summed E-state index contributed by atoms with van der Waals surface area (Å²) in [7, 11) is 1.52. The van der Waals surface area contributed by atoms with Gasteiger partial charge in [0.15, 0.2) is 0 Å². The van der Waals surface area contributed by atoms with E-state index >= 15 is 0 Å². The first kappa shape index (κ1) is 30.2. The molecule has 0 radical (unpaired) electrons. The van der Waals surface area contributed by atoms with E-state index in [1.54, 1.807) is 32.6 Å². The zero-order valence-corrected chi connectivity index (χ0v) is 24.0. The Labute approximate surface area is 227 Å². The molecule has 1 saturated heterocycles. The van der Waals surface area contributed by atoms with Gasteiger partial charge in [-0.15, -0.1) is 0 Å². The lowest BCUT2D eigenvalue weighted by Crippen LogP contribution is -2.62. The number of ether oxygens (including phenoxy) is 1. The van der Waals surface area contributed by atoms with E-state index in [1.807, 2.05) is 0 Å². The van der Waals surface area contributed by atoms with Crippen LogP contribution in [0.3, 0.4) is 0 Å². The highest BCUT2D eigenvalue weighted by atomic mass is 16.6. The van der Waals surface area contributed by atoms with Crippen LogP contribution in [0.1, 0.15) is 105 Å². The Morgan fingerprint density at radius 3 is 2.18 bits per heavy atom. The van der Waals surface area contributed by atoms with Crippen LogP contribution in [0.5, 0.6) is 0 Å². The third kappa shape index (κ3) is 7.83. The molecular weight excluding hydrogens is 486 g/mol. The van der Waals surface area contributed by atoms with Crippen molar-refractivity contribution in [3.05, 3.63) is 0 Å². The Morgan fingerprint density at radius 1 is 0.974 bits per heavy atom. The molecule has 3 fully saturated rings. The smallest absolute Gasteiger partial charge is 0.410 e. The van der Waals surface area contributed by atoms with Crippen LogP contribution in [-0.2, 0) is 19.1 Å². The molecule has 3 rings (SSSR count). The van der Waals surface area contributed by atoms with Gasteiger partial charge in [0, 0.05) is 13.6 Å². The van der Waals surface area contributed by atoms with E-state index in [1.165, 1.54) is 11.9 Å². The van der Waals surface area contributed by atoms with Gasteiger partial charge in [0.2, 0.25) is 17.7 Å². The number of hydrogen-bond acceptors (Lipinski definition) is 6.